The third-order valence-electron chi connectivity index (χ3n) is 4.37. The molecule has 1 aliphatic rings. The molecule has 0 nitrogen and oxygen atoms in total. The molecule has 0 atom stereocenters. The lowest BCUT2D eigenvalue weighted by Gasteiger charge is -2.28. The van der Waals surface area contributed by atoms with Gasteiger partial charge in [0.25, 0.3) is 0 Å². The maximum atomic E-state index is 13.9. The van der Waals surface area contributed by atoms with E-state index in [0.29, 0.717) is 5.92 Å². The zero-order chi connectivity index (χ0) is 15.5. The Morgan fingerprint density at radius 3 is 2.33 bits per heavy atom. The van der Waals surface area contributed by atoms with Gasteiger partial charge >= 0.3 is 6.18 Å². The predicted octanol–water partition coefficient (Wildman–Crippen LogP) is 6.09. The van der Waals surface area contributed by atoms with Crippen LogP contribution in [0.5, 0.6) is 0 Å². The number of alkyl halides is 3. The predicted molar refractivity (Wildman–Crippen MR) is 76.5 cm³/mol. The molecule has 0 radical (unpaired) electrons. The van der Waals surface area contributed by atoms with Crippen molar-refractivity contribution in [2.75, 3.05) is 0 Å². The van der Waals surface area contributed by atoms with Crippen molar-refractivity contribution in [1.82, 2.24) is 0 Å². The molecule has 1 aromatic carbocycles. The molecule has 0 N–H and O–H groups in total. The van der Waals surface area contributed by atoms with Gasteiger partial charge in [-0.25, -0.2) is 4.39 Å². The summed E-state index contributed by atoms with van der Waals surface area (Å²) in [4.78, 5) is 0. The Morgan fingerprint density at radius 2 is 1.81 bits per heavy atom. The van der Waals surface area contributed by atoms with Crippen molar-refractivity contribution < 1.29 is 17.6 Å². The van der Waals surface area contributed by atoms with E-state index in [1.54, 1.807) is 6.07 Å². The Bertz CT molecular complexity index is 494. The largest absolute Gasteiger partial charge is 0.409 e. The molecular formula is C17H20F4. The molecule has 4 heteroatoms. The molecule has 0 spiro atoms. The van der Waals surface area contributed by atoms with Gasteiger partial charge in [-0.15, -0.1) is 0 Å². The summed E-state index contributed by atoms with van der Waals surface area (Å²) in [5.74, 6) is 0.522. The smallest absolute Gasteiger partial charge is 0.206 e. The van der Waals surface area contributed by atoms with Gasteiger partial charge in [0.05, 0.1) is 0 Å². The molecule has 1 fully saturated rings. The van der Waals surface area contributed by atoms with E-state index < -0.39 is 12.0 Å². The summed E-state index contributed by atoms with van der Waals surface area (Å²) in [6, 6.07) is 4.60. The topological polar surface area (TPSA) is 0 Å². The first-order valence-corrected chi connectivity index (χ1v) is 7.44. The third-order valence-corrected chi connectivity index (χ3v) is 4.37. The standard InChI is InChI=1S/C17H20F4/c1-2-12-3-5-13(6-4-12)15-8-7-14(16(18)11-15)9-10-17(19,20)21/h7-13H,2-6H2,1H3/b10-9+. The van der Waals surface area contributed by atoms with Gasteiger partial charge in [0.15, 0.2) is 0 Å². The molecule has 0 amide bonds. The first-order chi connectivity index (χ1) is 9.89. The van der Waals surface area contributed by atoms with E-state index in [1.165, 1.54) is 18.6 Å². The van der Waals surface area contributed by atoms with E-state index in [0.717, 1.165) is 43.2 Å². The molecule has 0 bridgehead atoms. The van der Waals surface area contributed by atoms with Crippen LogP contribution in [0.3, 0.4) is 0 Å². The normalized spacial score (nSPS) is 23.7. The molecular weight excluding hydrogens is 280 g/mol. The quantitative estimate of drug-likeness (QED) is 0.593. The molecule has 1 saturated carbocycles. The van der Waals surface area contributed by atoms with Gasteiger partial charge in [-0.1, -0.05) is 25.5 Å². The van der Waals surface area contributed by atoms with Crippen LogP contribution in [0.15, 0.2) is 24.3 Å². The monoisotopic (exact) mass is 300 g/mol. The number of benzene rings is 1. The van der Waals surface area contributed by atoms with Crippen LogP contribution in [0.2, 0.25) is 0 Å². The Kier molecular flexibility index (Phi) is 5.07. The summed E-state index contributed by atoms with van der Waals surface area (Å²) in [5.41, 5.74) is 0.893. The minimum Gasteiger partial charge on any atom is -0.206 e. The zero-order valence-corrected chi connectivity index (χ0v) is 12.1. The summed E-state index contributed by atoms with van der Waals surface area (Å²) in [5, 5.41) is 0. The number of hydrogen-bond acceptors (Lipinski definition) is 0. The highest BCUT2D eigenvalue weighted by Gasteiger charge is 2.23. The summed E-state index contributed by atoms with van der Waals surface area (Å²) < 4.78 is 50.2. The molecule has 0 aromatic heterocycles. The van der Waals surface area contributed by atoms with E-state index in [9.17, 15) is 17.6 Å². The highest BCUT2D eigenvalue weighted by molar-refractivity contribution is 5.51. The Labute approximate surface area is 122 Å². The van der Waals surface area contributed by atoms with Gasteiger partial charge < -0.3 is 0 Å². The Balaban J connectivity index is 2.07. The average molecular weight is 300 g/mol. The molecule has 0 unspecified atom stereocenters. The Morgan fingerprint density at radius 1 is 1.14 bits per heavy atom. The number of rotatable bonds is 3. The summed E-state index contributed by atoms with van der Waals surface area (Å²) >= 11 is 0. The van der Waals surface area contributed by atoms with Gasteiger partial charge in [-0.3, -0.25) is 0 Å². The molecule has 2 rings (SSSR count). The van der Waals surface area contributed by atoms with Crippen molar-refractivity contribution in [3.8, 4) is 0 Å². The number of allylic oxidation sites excluding steroid dienone is 1. The van der Waals surface area contributed by atoms with E-state index >= 15 is 0 Å². The second-order valence-corrected chi connectivity index (χ2v) is 5.78. The van der Waals surface area contributed by atoms with Gasteiger partial charge in [0.1, 0.15) is 5.82 Å². The van der Waals surface area contributed by atoms with E-state index in [-0.39, 0.29) is 11.6 Å². The molecule has 116 valence electrons. The first kappa shape index (κ1) is 16.1. The molecule has 1 aliphatic carbocycles. The van der Waals surface area contributed by atoms with Gasteiger partial charge in [0.2, 0.25) is 0 Å². The van der Waals surface area contributed by atoms with Gasteiger partial charge in [-0.05, 0) is 55.2 Å². The van der Waals surface area contributed by atoms with Crippen LogP contribution in [-0.4, -0.2) is 6.18 Å². The molecule has 0 heterocycles. The van der Waals surface area contributed by atoms with Crippen molar-refractivity contribution in [3.05, 3.63) is 41.2 Å². The number of halogens is 4. The molecule has 1 aromatic rings. The van der Waals surface area contributed by atoms with Crippen molar-refractivity contribution in [2.24, 2.45) is 5.92 Å². The SMILES string of the molecule is CCC1CCC(c2ccc(/C=C/C(F)(F)F)c(F)c2)CC1. The maximum Gasteiger partial charge on any atom is 0.409 e. The fourth-order valence-electron chi connectivity index (χ4n) is 3.02. The lowest BCUT2D eigenvalue weighted by Crippen LogP contribution is -2.12. The minimum atomic E-state index is -4.41. The van der Waals surface area contributed by atoms with Gasteiger partial charge in [0, 0.05) is 11.6 Å². The van der Waals surface area contributed by atoms with Crippen molar-refractivity contribution >= 4 is 6.08 Å². The van der Waals surface area contributed by atoms with E-state index in [2.05, 4.69) is 6.92 Å². The van der Waals surface area contributed by atoms with Crippen LogP contribution >= 0.6 is 0 Å². The second-order valence-electron chi connectivity index (χ2n) is 5.78. The van der Waals surface area contributed by atoms with Crippen LogP contribution in [0.1, 0.15) is 56.1 Å². The zero-order valence-electron chi connectivity index (χ0n) is 12.1. The first-order valence-electron chi connectivity index (χ1n) is 7.44. The Hall–Kier alpha value is -1.32. The number of hydrogen-bond donors (Lipinski definition) is 0. The van der Waals surface area contributed by atoms with Crippen LogP contribution in [0.4, 0.5) is 17.6 Å². The van der Waals surface area contributed by atoms with Crippen molar-refractivity contribution in [2.45, 2.75) is 51.1 Å². The highest BCUT2D eigenvalue weighted by atomic mass is 19.4. The lowest BCUT2D eigenvalue weighted by molar-refractivity contribution is -0.0790. The van der Waals surface area contributed by atoms with Crippen molar-refractivity contribution in [3.63, 3.8) is 0 Å². The van der Waals surface area contributed by atoms with Crippen LogP contribution in [0, 0.1) is 11.7 Å². The van der Waals surface area contributed by atoms with Crippen LogP contribution < -0.4 is 0 Å². The summed E-state index contributed by atoms with van der Waals surface area (Å²) in [6.07, 6.45) is 2.00. The van der Waals surface area contributed by atoms with Crippen molar-refractivity contribution in [1.29, 1.82) is 0 Å². The van der Waals surface area contributed by atoms with E-state index in [1.807, 2.05) is 0 Å². The average Bonchev–Trinajstić information content (AvgIpc) is 2.45. The molecule has 0 aliphatic heterocycles. The fourth-order valence-corrected chi connectivity index (χ4v) is 3.02. The molecule has 21 heavy (non-hydrogen) atoms. The van der Waals surface area contributed by atoms with Gasteiger partial charge in [-0.2, -0.15) is 13.2 Å². The highest BCUT2D eigenvalue weighted by Crippen LogP contribution is 2.37. The fraction of sp³-hybridized carbons (Fsp3) is 0.529. The van der Waals surface area contributed by atoms with E-state index in [4.69, 9.17) is 0 Å². The third kappa shape index (κ3) is 4.58. The van der Waals surface area contributed by atoms with Crippen LogP contribution in [0.25, 0.3) is 6.08 Å². The summed E-state index contributed by atoms with van der Waals surface area (Å²) in [6.45, 7) is 2.19. The molecule has 0 saturated heterocycles. The lowest BCUT2D eigenvalue weighted by atomic mass is 9.78. The minimum absolute atomic E-state index is 0.0154. The second kappa shape index (κ2) is 6.63. The maximum absolute atomic E-state index is 13.9. The summed E-state index contributed by atoms with van der Waals surface area (Å²) in [7, 11) is 0. The van der Waals surface area contributed by atoms with Crippen LogP contribution in [-0.2, 0) is 0 Å².